The summed E-state index contributed by atoms with van der Waals surface area (Å²) < 4.78 is 13.7. The summed E-state index contributed by atoms with van der Waals surface area (Å²) in [6, 6.07) is 65.2. The van der Waals surface area contributed by atoms with Crippen molar-refractivity contribution >= 4 is 51.3 Å². The second kappa shape index (κ2) is 17.3. The topological polar surface area (TPSA) is 35.9 Å². The number of ether oxygens (including phenoxy) is 1. The molecule has 0 amide bonds. The van der Waals surface area contributed by atoms with Crippen molar-refractivity contribution in [2.24, 2.45) is 0 Å². The molecule has 11 aromatic rings. The van der Waals surface area contributed by atoms with E-state index in [-0.39, 0.29) is 21.1 Å². The summed E-state index contributed by atoms with van der Waals surface area (Å²) in [5.41, 5.74) is 20.2. The Morgan fingerprint density at radius 3 is 1.86 bits per heavy atom. The molecule has 5 heterocycles. The van der Waals surface area contributed by atoms with Gasteiger partial charge in [0.25, 0.3) is 6.33 Å². The molecule has 0 spiro atoms. The fraction of sp³-hybridized carbons (Fsp3) is 0.169. The SMILES string of the molecule is CC(C)c1cc(C(C)C)c(-c2ccnc(-n3c4[c-]c(Oc5[c-]c6c(cc5)[Si](C)(C)c5ccc7c8c5n-6[c-][n+]8-c5ccccc5-c5ccccc5-c5ccccc5-7)ccc4c4ccccc43)c2)c(C(C)C)c1.[Pt]. The standard InChI is InChI=1S/C65H54N4OSi.Pt/c1-39(2)43-33-54(40(3)4)63(55(34-43)41(5)6)42-31-32-66-62(35-42)69-57-24-16-14-22-51(57)52-27-25-44(36-58(52)69)70-45-26-29-60-59(37-45)68-38-67-56-23-15-13-21-50(56)48-19-11-9-17-46(48)47-18-10-12-20-49(47)53-28-30-61(71(60,7)8)65(68)64(53)67;/h9-35,39-41H,1-8H3;/q-2;. The first-order valence-corrected chi connectivity index (χ1v) is 28.1. The van der Waals surface area contributed by atoms with Gasteiger partial charge < -0.3 is 13.9 Å². The molecule has 7 heteroatoms. The molecule has 3 aromatic heterocycles. The minimum Gasteiger partial charge on any atom is -0.510 e. The molecule has 8 aromatic carbocycles. The van der Waals surface area contributed by atoms with Crippen molar-refractivity contribution in [2.75, 3.05) is 0 Å². The van der Waals surface area contributed by atoms with Crippen LogP contribution in [-0.2, 0) is 21.1 Å². The summed E-state index contributed by atoms with van der Waals surface area (Å²) in [6.45, 7) is 18.7. The second-order valence-electron chi connectivity index (χ2n) is 20.9. The van der Waals surface area contributed by atoms with Gasteiger partial charge in [-0.2, -0.15) is 12.1 Å². The monoisotopic (exact) mass is 1130 g/mol. The molecule has 13 rings (SSSR count). The van der Waals surface area contributed by atoms with Crippen LogP contribution in [0.4, 0.5) is 0 Å². The van der Waals surface area contributed by atoms with Crippen LogP contribution in [0.3, 0.4) is 0 Å². The van der Waals surface area contributed by atoms with Crippen molar-refractivity contribution in [3.8, 4) is 73.2 Å². The van der Waals surface area contributed by atoms with Crippen LogP contribution in [0.15, 0.2) is 164 Å². The Morgan fingerprint density at radius 1 is 0.569 bits per heavy atom. The Morgan fingerprint density at radius 2 is 1.17 bits per heavy atom. The minimum absolute atomic E-state index is 0. The number of para-hydroxylation sites is 2. The maximum atomic E-state index is 6.90. The number of rotatable bonds is 7. The quantitative estimate of drug-likeness (QED) is 0.0906. The van der Waals surface area contributed by atoms with Gasteiger partial charge in [-0.05, 0) is 114 Å². The molecular weight excluding hydrogens is 1080 g/mol. The molecule has 72 heavy (non-hydrogen) atoms. The van der Waals surface area contributed by atoms with Crippen LogP contribution in [0.2, 0.25) is 13.1 Å². The van der Waals surface area contributed by atoms with Crippen LogP contribution in [0, 0.1) is 18.5 Å². The Kier molecular flexibility index (Phi) is 11.0. The van der Waals surface area contributed by atoms with Gasteiger partial charge in [0.1, 0.15) is 5.82 Å². The molecule has 2 aliphatic rings. The molecule has 0 saturated carbocycles. The number of fused-ring (bicyclic) bond motifs is 12. The summed E-state index contributed by atoms with van der Waals surface area (Å²) in [5, 5.41) is 4.91. The summed E-state index contributed by atoms with van der Waals surface area (Å²) in [4.78, 5) is 5.08. The molecule has 5 nitrogen and oxygen atoms in total. The molecule has 0 bridgehead atoms. The first-order chi connectivity index (χ1) is 34.5. The van der Waals surface area contributed by atoms with Crippen molar-refractivity contribution in [1.82, 2.24) is 14.1 Å². The van der Waals surface area contributed by atoms with Crippen molar-refractivity contribution in [2.45, 2.75) is 72.4 Å². The van der Waals surface area contributed by atoms with E-state index in [4.69, 9.17) is 9.72 Å². The second-order valence-corrected chi connectivity index (χ2v) is 25.3. The number of hydrogen-bond acceptors (Lipinski definition) is 2. The average Bonchev–Trinajstić information content (AvgIpc) is 3.95. The molecule has 0 aliphatic carbocycles. The molecule has 356 valence electrons. The van der Waals surface area contributed by atoms with Crippen molar-refractivity contribution in [3.63, 3.8) is 0 Å². The van der Waals surface area contributed by atoms with Crippen LogP contribution < -0.4 is 19.7 Å². The molecule has 0 radical (unpaired) electrons. The molecule has 0 N–H and O–H groups in total. The Labute approximate surface area is 437 Å². The van der Waals surface area contributed by atoms with Crippen molar-refractivity contribution < 1.29 is 30.4 Å². The van der Waals surface area contributed by atoms with Gasteiger partial charge in [-0.3, -0.25) is 4.57 Å². The van der Waals surface area contributed by atoms with Gasteiger partial charge >= 0.3 is 0 Å². The fourth-order valence-corrected chi connectivity index (χ4v) is 14.6. The van der Waals surface area contributed by atoms with Crippen LogP contribution in [0.25, 0.3) is 94.5 Å². The first kappa shape index (κ1) is 46.0. The molecule has 0 unspecified atom stereocenters. The average molecular weight is 1130 g/mol. The van der Waals surface area contributed by atoms with Gasteiger partial charge in [0.05, 0.1) is 16.7 Å². The van der Waals surface area contributed by atoms with Crippen LogP contribution in [-0.4, -0.2) is 22.2 Å². The third-order valence-electron chi connectivity index (χ3n) is 15.3. The zero-order valence-corrected chi connectivity index (χ0v) is 45.1. The number of aromatic nitrogens is 4. The number of imidazole rings is 1. The van der Waals surface area contributed by atoms with E-state index in [1.807, 2.05) is 12.3 Å². The van der Waals surface area contributed by atoms with E-state index in [0.717, 1.165) is 44.5 Å². The number of benzene rings is 8. The Hall–Kier alpha value is -7.11. The molecular formula is C65H54N4OPtSi-2. The Bertz CT molecular complexity index is 3980. The van der Waals surface area contributed by atoms with Gasteiger partial charge in [0.15, 0.2) is 0 Å². The van der Waals surface area contributed by atoms with E-state index < -0.39 is 8.07 Å². The number of nitrogens with zero attached hydrogens (tertiary/aromatic N) is 4. The maximum Gasteiger partial charge on any atom is 0.268 e. The van der Waals surface area contributed by atoms with Gasteiger partial charge in [0, 0.05) is 52.4 Å². The predicted molar refractivity (Wildman–Crippen MR) is 294 cm³/mol. The Balaban J connectivity index is 0.00000530. The van der Waals surface area contributed by atoms with E-state index in [9.17, 15) is 0 Å². The van der Waals surface area contributed by atoms with E-state index in [2.05, 4.69) is 238 Å². The summed E-state index contributed by atoms with van der Waals surface area (Å²) in [5.74, 6) is 3.24. The van der Waals surface area contributed by atoms with Crippen LogP contribution in [0.5, 0.6) is 11.5 Å². The zero-order chi connectivity index (χ0) is 48.4. The van der Waals surface area contributed by atoms with Crippen LogP contribution >= 0.6 is 0 Å². The van der Waals surface area contributed by atoms with Crippen LogP contribution in [0.1, 0.15) is 76.0 Å². The number of pyridine rings is 1. The van der Waals surface area contributed by atoms with E-state index in [0.29, 0.717) is 29.3 Å². The van der Waals surface area contributed by atoms with E-state index in [1.165, 1.54) is 77.1 Å². The van der Waals surface area contributed by atoms with Crippen molar-refractivity contribution in [1.29, 1.82) is 0 Å². The van der Waals surface area contributed by atoms with Gasteiger partial charge in [-0.1, -0.05) is 175 Å². The van der Waals surface area contributed by atoms with E-state index >= 15 is 0 Å². The normalized spacial score (nSPS) is 13.1. The molecule has 0 atom stereocenters. The molecule has 2 aliphatic heterocycles. The van der Waals surface area contributed by atoms with Gasteiger partial charge in [-0.25, -0.2) is 4.98 Å². The first-order valence-electron chi connectivity index (χ1n) is 25.1. The number of hydrogen-bond donors (Lipinski definition) is 0. The maximum absolute atomic E-state index is 6.90. The largest absolute Gasteiger partial charge is 0.510 e. The minimum atomic E-state index is -2.28. The summed E-state index contributed by atoms with van der Waals surface area (Å²) >= 11 is 0. The smallest absolute Gasteiger partial charge is 0.268 e. The third kappa shape index (κ3) is 6.97. The van der Waals surface area contributed by atoms with Gasteiger partial charge in [-0.15, -0.1) is 34.8 Å². The summed E-state index contributed by atoms with van der Waals surface area (Å²) in [7, 11) is -2.28. The predicted octanol–water partition coefficient (Wildman–Crippen LogP) is 15.1. The van der Waals surface area contributed by atoms with Crippen molar-refractivity contribution in [3.05, 3.63) is 199 Å². The zero-order valence-electron chi connectivity index (χ0n) is 41.8. The fourth-order valence-electron chi connectivity index (χ4n) is 11.7. The van der Waals surface area contributed by atoms with E-state index in [1.54, 1.807) is 0 Å². The third-order valence-corrected chi connectivity index (χ3v) is 18.8. The molecule has 0 saturated heterocycles. The van der Waals surface area contributed by atoms with Gasteiger partial charge in [0.2, 0.25) is 0 Å². The summed E-state index contributed by atoms with van der Waals surface area (Å²) in [6.07, 6.45) is 5.89. The molecule has 0 fully saturated rings.